The van der Waals surface area contributed by atoms with Crippen molar-refractivity contribution in [3.63, 3.8) is 0 Å². The summed E-state index contributed by atoms with van der Waals surface area (Å²) in [4.78, 5) is 14.3. The molecule has 0 unspecified atom stereocenters. The molecule has 0 spiro atoms. The highest BCUT2D eigenvalue weighted by Crippen LogP contribution is 2.26. The number of nitrogens with one attached hydrogen (secondary N) is 1. The summed E-state index contributed by atoms with van der Waals surface area (Å²) >= 11 is 11.9. The van der Waals surface area contributed by atoms with Crippen LogP contribution in [0.25, 0.3) is 11.5 Å². The van der Waals surface area contributed by atoms with Crippen molar-refractivity contribution in [2.45, 2.75) is 19.9 Å². The minimum absolute atomic E-state index is 0.0498. The van der Waals surface area contributed by atoms with E-state index in [0.29, 0.717) is 41.1 Å². The Hall–Kier alpha value is -2.48. The number of carbonyl (C=O) groups excluding carboxylic acids is 1. The van der Waals surface area contributed by atoms with Crippen molar-refractivity contribution >= 4 is 34.8 Å². The van der Waals surface area contributed by atoms with E-state index in [1.165, 1.54) is 18.2 Å². The number of nitrogens with zero attached hydrogens (tertiary/aromatic N) is 3. The lowest BCUT2D eigenvalue weighted by Gasteiger charge is -2.19. The first kappa shape index (κ1) is 21.2. The average molecular weight is 437 g/mol. The van der Waals surface area contributed by atoms with Crippen LogP contribution in [0.1, 0.15) is 19.2 Å². The number of benzene rings is 2. The molecule has 0 bridgehead atoms. The van der Waals surface area contributed by atoms with Crippen LogP contribution in [0.5, 0.6) is 0 Å². The Morgan fingerprint density at radius 3 is 2.69 bits per heavy atom. The van der Waals surface area contributed by atoms with E-state index in [4.69, 9.17) is 27.6 Å². The normalized spacial score (nSPS) is 11.1. The first-order valence-electron chi connectivity index (χ1n) is 9.00. The Morgan fingerprint density at radius 2 is 1.97 bits per heavy atom. The van der Waals surface area contributed by atoms with Gasteiger partial charge in [0.2, 0.25) is 17.7 Å². The van der Waals surface area contributed by atoms with Gasteiger partial charge in [0, 0.05) is 5.69 Å². The molecule has 29 heavy (non-hydrogen) atoms. The van der Waals surface area contributed by atoms with Gasteiger partial charge < -0.3 is 9.73 Å². The molecule has 9 heteroatoms. The SMILES string of the molecule is CCCN(CC(=O)Nc1ccc(F)c(Cl)c1)Cc1nnc(-c2ccccc2Cl)o1. The van der Waals surface area contributed by atoms with Crippen molar-refractivity contribution in [1.82, 2.24) is 15.1 Å². The molecule has 1 N–H and O–H groups in total. The summed E-state index contributed by atoms with van der Waals surface area (Å²) in [7, 11) is 0. The van der Waals surface area contributed by atoms with Crippen LogP contribution in [-0.4, -0.2) is 34.1 Å². The second kappa shape index (κ2) is 9.82. The summed E-state index contributed by atoms with van der Waals surface area (Å²) in [5.74, 6) is -0.0894. The van der Waals surface area contributed by atoms with Gasteiger partial charge in [0.05, 0.1) is 28.7 Å². The number of halogens is 3. The fraction of sp³-hybridized carbons (Fsp3) is 0.250. The van der Waals surface area contributed by atoms with Gasteiger partial charge in [0.25, 0.3) is 0 Å². The van der Waals surface area contributed by atoms with E-state index < -0.39 is 5.82 Å². The quantitative estimate of drug-likeness (QED) is 0.535. The molecule has 0 aliphatic heterocycles. The number of anilines is 1. The number of hydrogen-bond donors (Lipinski definition) is 1. The van der Waals surface area contributed by atoms with Gasteiger partial charge in [-0.15, -0.1) is 10.2 Å². The van der Waals surface area contributed by atoms with Crippen LogP contribution in [0.4, 0.5) is 10.1 Å². The first-order valence-corrected chi connectivity index (χ1v) is 9.76. The van der Waals surface area contributed by atoms with Crippen molar-refractivity contribution < 1.29 is 13.6 Å². The number of carbonyl (C=O) groups is 1. The predicted molar refractivity (Wildman–Crippen MR) is 110 cm³/mol. The van der Waals surface area contributed by atoms with E-state index in [0.717, 1.165) is 6.42 Å². The van der Waals surface area contributed by atoms with Crippen molar-refractivity contribution in [2.75, 3.05) is 18.4 Å². The third-order valence-electron chi connectivity index (χ3n) is 4.04. The van der Waals surface area contributed by atoms with Crippen LogP contribution in [0, 0.1) is 5.82 Å². The van der Waals surface area contributed by atoms with Gasteiger partial charge in [0.1, 0.15) is 5.82 Å². The zero-order valence-electron chi connectivity index (χ0n) is 15.7. The van der Waals surface area contributed by atoms with Gasteiger partial charge in [-0.2, -0.15) is 0 Å². The molecule has 0 aliphatic rings. The first-order chi connectivity index (χ1) is 14.0. The lowest BCUT2D eigenvalue weighted by Crippen LogP contribution is -2.33. The fourth-order valence-electron chi connectivity index (χ4n) is 2.76. The van der Waals surface area contributed by atoms with Crippen LogP contribution in [-0.2, 0) is 11.3 Å². The van der Waals surface area contributed by atoms with Crippen molar-refractivity contribution in [2.24, 2.45) is 0 Å². The van der Waals surface area contributed by atoms with E-state index in [1.807, 2.05) is 24.0 Å². The van der Waals surface area contributed by atoms with Gasteiger partial charge in [0.15, 0.2) is 0 Å². The van der Waals surface area contributed by atoms with Crippen molar-refractivity contribution in [3.05, 3.63) is 64.2 Å². The van der Waals surface area contributed by atoms with Crippen LogP contribution in [0.15, 0.2) is 46.9 Å². The molecule has 3 rings (SSSR count). The van der Waals surface area contributed by atoms with E-state index in [1.54, 1.807) is 12.1 Å². The van der Waals surface area contributed by atoms with E-state index in [-0.39, 0.29) is 17.5 Å². The van der Waals surface area contributed by atoms with Gasteiger partial charge in [-0.3, -0.25) is 9.69 Å². The Kier molecular flexibility index (Phi) is 7.19. The van der Waals surface area contributed by atoms with Crippen LogP contribution < -0.4 is 5.32 Å². The molecule has 0 fully saturated rings. The molecule has 6 nitrogen and oxygen atoms in total. The predicted octanol–water partition coefficient (Wildman–Crippen LogP) is 5.03. The standard InChI is InChI=1S/C20H19Cl2FN4O2/c1-2-9-27(11-18(28)24-13-7-8-17(23)16(22)10-13)12-19-25-26-20(29-19)14-5-3-4-6-15(14)21/h3-8,10H,2,9,11-12H2,1H3,(H,24,28). The fourth-order valence-corrected chi connectivity index (χ4v) is 3.16. The Bertz CT molecular complexity index is 996. The summed E-state index contributed by atoms with van der Waals surface area (Å²) in [6.45, 7) is 3.07. The molecule has 0 saturated carbocycles. The smallest absolute Gasteiger partial charge is 0.249 e. The molecule has 0 atom stereocenters. The van der Waals surface area contributed by atoms with Gasteiger partial charge in [-0.25, -0.2) is 4.39 Å². The van der Waals surface area contributed by atoms with Crippen LogP contribution >= 0.6 is 23.2 Å². The molecule has 1 heterocycles. The third kappa shape index (κ3) is 5.76. The lowest BCUT2D eigenvalue weighted by atomic mass is 10.2. The van der Waals surface area contributed by atoms with Crippen molar-refractivity contribution in [1.29, 1.82) is 0 Å². The Balaban J connectivity index is 1.65. The molecule has 0 saturated heterocycles. The van der Waals surface area contributed by atoms with E-state index in [9.17, 15) is 9.18 Å². The number of rotatable bonds is 8. The molecule has 1 aromatic heterocycles. The topological polar surface area (TPSA) is 71.3 Å². The average Bonchev–Trinajstić information content (AvgIpc) is 3.13. The molecule has 3 aromatic rings. The maximum Gasteiger partial charge on any atom is 0.249 e. The summed E-state index contributed by atoms with van der Waals surface area (Å²) in [6.07, 6.45) is 0.834. The third-order valence-corrected chi connectivity index (χ3v) is 4.66. The monoisotopic (exact) mass is 436 g/mol. The highest BCUT2D eigenvalue weighted by Gasteiger charge is 2.17. The molecule has 1 amide bonds. The highest BCUT2D eigenvalue weighted by atomic mass is 35.5. The van der Waals surface area contributed by atoms with Gasteiger partial charge in [-0.05, 0) is 43.3 Å². The Morgan fingerprint density at radius 1 is 1.17 bits per heavy atom. The number of aromatic nitrogens is 2. The Labute approximate surface area is 177 Å². The molecule has 152 valence electrons. The van der Waals surface area contributed by atoms with Gasteiger partial charge >= 0.3 is 0 Å². The van der Waals surface area contributed by atoms with Gasteiger partial charge in [-0.1, -0.05) is 42.3 Å². The zero-order chi connectivity index (χ0) is 20.8. The molecule has 2 aromatic carbocycles. The number of amides is 1. The molecule has 0 radical (unpaired) electrons. The van der Waals surface area contributed by atoms with E-state index >= 15 is 0 Å². The minimum Gasteiger partial charge on any atom is -0.419 e. The summed E-state index contributed by atoms with van der Waals surface area (Å²) in [5, 5.41) is 11.3. The maximum atomic E-state index is 13.3. The lowest BCUT2D eigenvalue weighted by molar-refractivity contribution is -0.117. The summed E-state index contributed by atoms with van der Waals surface area (Å²) in [6, 6.07) is 11.2. The van der Waals surface area contributed by atoms with Crippen LogP contribution in [0.2, 0.25) is 10.0 Å². The highest BCUT2D eigenvalue weighted by molar-refractivity contribution is 6.33. The molecular formula is C20H19Cl2FN4O2. The largest absolute Gasteiger partial charge is 0.419 e. The molecule has 0 aliphatic carbocycles. The summed E-state index contributed by atoms with van der Waals surface area (Å²) in [5.41, 5.74) is 1.08. The van der Waals surface area contributed by atoms with Crippen molar-refractivity contribution in [3.8, 4) is 11.5 Å². The second-order valence-corrected chi connectivity index (χ2v) is 7.18. The number of hydrogen-bond acceptors (Lipinski definition) is 5. The van der Waals surface area contributed by atoms with E-state index in [2.05, 4.69) is 15.5 Å². The minimum atomic E-state index is -0.539. The van der Waals surface area contributed by atoms with Crippen LogP contribution in [0.3, 0.4) is 0 Å². The second-order valence-electron chi connectivity index (χ2n) is 6.37. The zero-order valence-corrected chi connectivity index (χ0v) is 17.2. The summed E-state index contributed by atoms with van der Waals surface area (Å²) < 4.78 is 19.0. The molecular weight excluding hydrogens is 418 g/mol. The maximum absolute atomic E-state index is 13.3.